The third kappa shape index (κ3) is 4.72. The molecule has 2 aliphatic rings. The van der Waals surface area contributed by atoms with Gasteiger partial charge in [-0.15, -0.1) is 13.2 Å². The van der Waals surface area contributed by atoms with E-state index in [2.05, 4.69) is 15.0 Å². The van der Waals surface area contributed by atoms with Gasteiger partial charge in [-0.05, 0) is 49.1 Å². The highest BCUT2D eigenvalue weighted by Crippen LogP contribution is 2.36. The Morgan fingerprint density at radius 1 is 1.00 bits per heavy atom. The highest BCUT2D eigenvalue weighted by molar-refractivity contribution is 6.02. The highest BCUT2D eigenvalue weighted by atomic mass is 19.4. The van der Waals surface area contributed by atoms with Gasteiger partial charge in [0.1, 0.15) is 5.75 Å². The van der Waals surface area contributed by atoms with Crippen molar-refractivity contribution in [1.29, 1.82) is 0 Å². The fraction of sp³-hybridized carbons (Fsp3) is 0.409. The summed E-state index contributed by atoms with van der Waals surface area (Å²) in [6.07, 6.45) is -1.47. The van der Waals surface area contributed by atoms with Crippen LogP contribution in [0.1, 0.15) is 41.6 Å². The number of ether oxygens (including phenoxy) is 1. The van der Waals surface area contributed by atoms with Crippen LogP contribution in [0.15, 0.2) is 48.5 Å². The SMILES string of the molecule is O=C1CCC2(CCN(Cc3ccc(OC(F)(F)F)cc3)CC2)Nc2ccccc21. The maximum atomic E-state index is 12.4. The molecule has 0 saturated carbocycles. The molecule has 0 aliphatic carbocycles. The van der Waals surface area contributed by atoms with Crippen LogP contribution in [0.25, 0.3) is 0 Å². The van der Waals surface area contributed by atoms with Crippen LogP contribution >= 0.6 is 0 Å². The van der Waals surface area contributed by atoms with Gasteiger partial charge in [0, 0.05) is 42.8 Å². The normalized spacial score (nSPS) is 19.3. The number of para-hydroxylation sites is 1. The predicted octanol–water partition coefficient (Wildman–Crippen LogP) is 5.01. The number of nitrogens with one attached hydrogen (secondary N) is 1. The van der Waals surface area contributed by atoms with Crippen molar-refractivity contribution >= 4 is 11.5 Å². The number of halogens is 3. The number of fused-ring (bicyclic) bond motifs is 1. The lowest BCUT2D eigenvalue weighted by molar-refractivity contribution is -0.274. The molecule has 2 aromatic carbocycles. The summed E-state index contributed by atoms with van der Waals surface area (Å²) >= 11 is 0. The van der Waals surface area contributed by atoms with Crippen molar-refractivity contribution in [2.24, 2.45) is 0 Å². The Morgan fingerprint density at radius 2 is 1.69 bits per heavy atom. The average Bonchev–Trinajstić information content (AvgIpc) is 2.82. The Bertz CT molecular complexity index is 872. The molecular formula is C22H23F3N2O2. The van der Waals surface area contributed by atoms with Gasteiger partial charge < -0.3 is 10.1 Å². The van der Waals surface area contributed by atoms with Crippen molar-refractivity contribution < 1.29 is 22.7 Å². The molecule has 2 aliphatic heterocycles. The quantitative estimate of drug-likeness (QED) is 0.781. The molecule has 1 saturated heterocycles. The monoisotopic (exact) mass is 404 g/mol. The number of carbonyl (C=O) groups is 1. The fourth-order valence-corrected chi connectivity index (χ4v) is 4.24. The van der Waals surface area contributed by atoms with Gasteiger partial charge in [0.15, 0.2) is 5.78 Å². The summed E-state index contributed by atoms with van der Waals surface area (Å²) in [5.41, 5.74) is 2.56. The van der Waals surface area contributed by atoms with E-state index in [0.29, 0.717) is 13.0 Å². The van der Waals surface area contributed by atoms with Gasteiger partial charge in [0.25, 0.3) is 0 Å². The Balaban J connectivity index is 1.37. The van der Waals surface area contributed by atoms with Crippen LogP contribution in [0, 0.1) is 0 Å². The van der Waals surface area contributed by atoms with Crippen LogP contribution in [-0.2, 0) is 6.54 Å². The second-order valence-electron chi connectivity index (χ2n) is 7.84. The number of nitrogens with zero attached hydrogens (tertiary/aromatic N) is 1. The van der Waals surface area contributed by atoms with Crippen LogP contribution in [0.5, 0.6) is 5.75 Å². The molecule has 0 amide bonds. The zero-order valence-electron chi connectivity index (χ0n) is 16.0. The zero-order valence-corrected chi connectivity index (χ0v) is 16.0. The van der Waals surface area contributed by atoms with E-state index in [1.54, 1.807) is 12.1 Å². The summed E-state index contributed by atoms with van der Waals surface area (Å²) in [6.45, 7) is 2.41. The first kappa shape index (κ1) is 19.8. The minimum absolute atomic E-state index is 0.0802. The zero-order chi connectivity index (χ0) is 20.5. The van der Waals surface area contributed by atoms with Gasteiger partial charge >= 0.3 is 6.36 Å². The molecular weight excluding hydrogens is 381 g/mol. The molecule has 0 atom stereocenters. The lowest BCUT2D eigenvalue weighted by Gasteiger charge is -2.42. The smallest absolute Gasteiger partial charge is 0.406 e. The first-order valence-electron chi connectivity index (χ1n) is 9.79. The van der Waals surface area contributed by atoms with E-state index in [0.717, 1.165) is 49.2 Å². The molecule has 154 valence electrons. The molecule has 4 nitrogen and oxygen atoms in total. The molecule has 4 rings (SSSR count). The second kappa shape index (κ2) is 7.71. The summed E-state index contributed by atoms with van der Waals surface area (Å²) in [5, 5.41) is 3.65. The Morgan fingerprint density at radius 3 is 2.38 bits per heavy atom. The first-order valence-corrected chi connectivity index (χ1v) is 9.79. The number of likely N-dealkylation sites (tertiary alicyclic amines) is 1. The summed E-state index contributed by atoms with van der Waals surface area (Å²) in [6, 6.07) is 13.7. The van der Waals surface area contributed by atoms with E-state index in [1.165, 1.54) is 12.1 Å². The van der Waals surface area contributed by atoms with Crippen molar-refractivity contribution in [3.05, 3.63) is 59.7 Å². The molecule has 1 spiro atoms. The van der Waals surface area contributed by atoms with E-state index in [1.807, 2.05) is 24.3 Å². The van der Waals surface area contributed by atoms with Gasteiger partial charge in [-0.1, -0.05) is 24.3 Å². The number of Topliss-reactive ketones (excluding diaryl/α,β-unsaturated/α-hetero) is 1. The molecule has 1 fully saturated rings. The summed E-state index contributed by atoms with van der Waals surface area (Å²) < 4.78 is 40.8. The summed E-state index contributed by atoms with van der Waals surface area (Å²) in [7, 11) is 0. The van der Waals surface area contributed by atoms with Crippen LogP contribution in [0.3, 0.4) is 0 Å². The maximum Gasteiger partial charge on any atom is 0.573 e. The predicted molar refractivity (Wildman–Crippen MR) is 104 cm³/mol. The number of anilines is 1. The lowest BCUT2D eigenvalue weighted by Crippen LogP contribution is -2.48. The van der Waals surface area contributed by atoms with Gasteiger partial charge in [-0.2, -0.15) is 0 Å². The molecule has 29 heavy (non-hydrogen) atoms. The first-order chi connectivity index (χ1) is 13.8. The van der Waals surface area contributed by atoms with E-state index < -0.39 is 6.36 Å². The minimum atomic E-state index is -4.67. The van der Waals surface area contributed by atoms with Crippen LogP contribution in [0.2, 0.25) is 0 Å². The number of alkyl halides is 3. The van der Waals surface area contributed by atoms with Gasteiger partial charge in [-0.25, -0.2) is 0 Å². The van der Waals surface area contributed by atoms with E-state index in [-0.39, 0.29) is 17.1 Å². The minimum Gasteiger partial charge on any atom is -0.406 e. The Labute approximate surface area is 167 Å². The number of hydrogen-bond donors (Lipinski definition) is 1. The van der Waals surface area contributed by atoms with Gasteiger partial charge in [-0.3, -0.25) is 9.69 Å². The number of carbonyl (C=O) groups excluding carboxylic acids is 1. The van der Waals surface area contributed by atoms with Crippen molar-refractivity contribution in [3.8, 4) is 5.75 Å². The third-order valence-electron chi connectivity index (χ3n) is 5.83. The molecule has 0 aromatic heterocycles. The van der Waals surface area contributed by atoms with Crippen molar-refractivity contribution in [3.63, 3.8) is 0 Å². The number of benzene rings is 2. The van der Waals surface area contributed by atoms with Crippen LogP contribution in [-0.4, -0.2) is 35.7 Å². The third-order valence-corrected chi connectivity index (χ3v) is 5.83. The summed E-state index contributed by atoms with van der Waals surface area (Å²) in [5.74, 6) is -0.0154. The molecule has 0 bridgehead atoms. The molecule has 2 aromatic rings. The van der Waals surface area contributed by atoms with Crippen molar-refractivity contribution in [2.45, 2.75) is 44.1 Å². The molecule has 1 N–H and O–H groups in total. The molecule has 0 unspecified atom stereocenters. The van der Waals surface area contributed by atoms with Crippen molar-refractivity contribution in [1.82, 2.24) is 4.90 Å². The van der Waals surface area contributed by atoms with E-state index in [9.17, 15) is 18.0 Å². The number of piperidine rings is 1. The van der Waals surface area contributed by atoms with Crippen molar-refractivity contribution in [2.75, 3.05) is 18.4 Å². The van der Waals surface area contributed by atoms with Crippen LogP contribution < -0.4 is 10.1 Å². The largest absolute Gasteiger partial charge is 0.573 e. The Hall–Kier alpha value is -2.54. The number of rotatable bonds is 3. The summed E-state index contributed by atoms with van der Waals surface area (Å²) in [4.78, 5) is 14.7. The fourth-order valence-electron chi connectivity index (χ4n) is 4.24. The molecule has 0 radical (unpaired) electrons. The van der Waals surface area contributed by atoms with E-state index in [4.69, 9.17) is 0 Å². The van der Waals surface area contributed by atoms with E-state index >= 15 is 0 Å². The standard InChI is InChI=1S/C22H23F3N2O2/c23-22(24,25)29-17-7-5-16(6-8-17)15-27-13-11-21(12-14-27)10-9-20(28)18-3-1-2-4-19(18)26-21/h1-8,26H,9-15H2. The number of hydrogen-bond acceptors (Lipinski definition) is 4. The van der Waals surface area contributed by atoms with Gasteiger partial charge in [0.2, 0.25) is 0 Å². The topological polar surface area (TPSA) is 41.6 Å². The highest BCUT2D eigenvalue weighted by Gasteiger charge is 2.37. The second-order valence-corrected chi connectivity index (χ2v) is 7.84. The van der Waals surface area contributed by atoms with Gasteiger partial charge in [0.05, 0.1) is 0 Å². The molecule has 7 heteroatoms. The van der Waals surface area contributed by atoms with Crippen LogP contribution in [0.4, 0.5) is 18.9 Å². The maximum absolute atomic E-state index is 12.4. The average molecular weight is 404 g/mol. The lowest BCUT2D eigenvalue weighted by atomic mass is 9.83. The number of ketones is 1. The Kier molecular flexibility index (Phi) is 5.25. The molecule has 2 heterocycles.